The Hall–Kier alpha value is -2.32. The van der Waals surface area contributed by atoms with Crippen LogP contribution in [-0.2, 0) is 9.53 Å². The molecule has 1 aliphatic heterocycles. The Bertz CT molecular complexity index is 569. The van der Waals surface area contributed by atoms with Crippen LogP contribution in [0.2, 0.25) is 0 Å². The molecule has 1 atom stereocenters. The first-order valence-corrected chi connectivity index (χ1v) is 6.89. The van der Waals surface area contributed by atoms with E-state index in [1.807, 2.05) is 18.2 Å². The number of carbonyl (C=O) groups excluding carboxylic acids is 1. The van der Waals surface area contributed by atoms with Gasteiger partial charge in [-0.2, -0.15) is 5.26 Å². The number of nitrogens with zero attached hydrogens (tertiary/aromatic N) is 1. The van der Waals surface area contributed by atoms with E-state index in [1.165, 1.54) is 6.08 Å². The monoisotopic (exact) mass is 286 g/mol. The molecule has 1 aromatic rings. The summed E-state index contributed by atoms with van der Waals surface area (Å²) in [4.78, 5) is 12.0. The first-order chi connectivity index (χ1) is 10.2. The number of benzene rings is 1. The lowest BCUT2D eigenvalue weighted by Crippen LogP contribution is -2.32. The number of ether oxygens (including phenoxy) is 2. The van der Waals surface area contributed by atoms with Crippen LogP contribution in [0.5, 0.6) is 5.75 Å². The van der Waals surface area contributed by atoms with Gasteiger partial charge in [0.2, 0.25) is 0 Å². The SMILES string of the molecule is COc1ccccc1/C=C(\C#N)C(=O)NCC1CCCO1. The Morgan fingerprint density at radius 3 is 3.05 bits per heavy atom. The summed E-state index contributed by atoms with van der Waals surface area (Å²) in [5.74, 6) is 0.232. The molecular formula is C16H18N2O3. The van der Waals surface area contributed by atoms with Crippen molar-refractivity contribution in [2.24, 2.45) is 0 Å². The van der Waals surface area contributed by atoms with Crippen LogP contribution in [0.1, 0.15) is 18.4 Å². The van der Waals surface area contributed by atoms with Gasteiger partial charge in [-0.05, 0) is 25.0 Å². The standard InChI is InChI=1S/C16H18N2O3/c1-20-15-7-3-2-5-12(15)9-13(10-17)16(19)18-11-14-6-4-8-21-14/h2-3,5,7,9,14H,4,6,8,11H2,1H3,(H,18,19)/b13-9+. The van der Waals surface area contributed by atoms with Crippen molar-refractivity contribution in [2.75, 3.05) is 20.3 Å². The lowest BCUT2D eigenvalue weighted by atomic mass is 10.1. The third-order valence-electron chi connectivity index (χ3n) is 3.32. The van der Waals surface area contributed by atoms with Crippen molar-refractivity contribution in [1.29, 1.82) is 5.26 Å². The van der Waals surface area contributed by atoms with Crippen LogP contribution < -0.4 is 10.1 Å². The number of methoxy groups -OCH3 is 1. The van der Waals surface area contributed by atoms with Crippen molar-refractivity contribution in [3.63, 3.8) is 0 Å². The van der Waals surface area contributed by atoms with Gasteiger partial charge < -0.3 is 14.8 Å². The molecular weight excluding hydrogens is 268 g/mol. The average molecular weight is 286 g/mol. The summed E-state index contributed by atoms with van der Waals surface area (Å²) < 4.78 is 10.6. The molecule has 1 aromatic carbocycles. The van der Waals surface area contributed by atoms with Crippen molar-refractivity contribution in [1.82, 2.24) is 5.32 Å². The molecule has 2 rings (SSSR count). The van der Waals surface area contributed by atoms with Gasteiger partial charge >= 0.3 is 0 Å². The van der Waals surface area contributed by atoms with E-state index in [2.05, 4.69) is 5.32 Å². The van der Waals surface area contributed by atoms with E-state index in [1.54, 1.807) is 19.2 Å². The molecule has 0 radical (unpaired) electrons. The maximum atomic E-state index is 12.0. The Morgan fingerprint density at radius 2 is 2.38 bits per heavy atom. The van der Waals surface area contributed by atoms with Gasteiger partial charge in [-0.1, -0.05) is 18.2 Å². The Kier molecular flexibility index (Phi) is 5.35. The van der Waals surface area contributed by atoms with Gasteiger partial charge in [0.15, 0.2) is 0 Å². The van der Waals surface area contributed by atoms with Crippen molar-refractivity contribution in [3.8, 4) is 11.8 Å². The zero-order valence-corrected chi connectivity index (χ0v) is 12.0. The number of carbonyl (C=O) groups is 1. The van der Waals surface area contributed by atoms with Crippen molar-refractivity contribution < 1.29 is 14.3 Å². The van der Waals surface area contributed by atoms with Crippen LogP contribution in [0.15, 0.2) is 29.8 Å². The first kappa shape index (κ1) is 15.1. The molecule has 0 aromatic heterocycles. The van der Waals surface area contributed by atoms with Crippen LogP contribution in [-0.4, -0.2) is 32.3 Å². The zero-order valence-electron chi connectivity index (χ0n) is 12.0. The largest absolute Gasteiger partial charge is 0.496 e. The van der Waals surface area contributed by atoms with E-state index in [9.17, 15) is 4.79 Å². The van der Waals surface area contributed by atoms with Gasteiger partial charge in [0.1, 0.15) is 17.4 Å². The van der Waals surface area contributed by atoms with Gasteiger partial charge in [0, 0.05) is 18.7 Å². The molecule has 1 aliphatic rings. The van der Waals surface area contributed by atoms with E-state index in [4.69, 9.17) is 14.7 Å². The summed E-state index contributed by atoms with van der Waals surface area (Å²) in [6, 6.07) is 9.17. The minimum Gasteiger partial charge on any atom is -0.496 e. The lowest BCUT2D eigenvalue weighted by Gasteiger charge is -2.10. The van der Waals surface area contributed by atoms with E-state index in [-0.39, 0.29) is 17.6 Å². The van der Waals surface area contributed by atoms with Gasteiger partial charge in [-0.15, -0.1) is 0 Å². The van der Waals surface area contributed by atoms with Crippen LogP contribution in [0.4, 0.5) is 0 Å². The van der Waals surface area contributed by atoms with Crippen LogP contribution in [0.25, 0.3) is 6.08 Å². The molecule has 0 aliphatic carbocycles. The predicted octanol–water partition coefficient (Wildman–Crippen LogP) is 1.90. The van der Waals surface area contributed by atoms with E-state index in [0.717, 1.165) is 19.4 Å². The smallest absolute Gasteiger partial charge is 0.262 e. The molecule has 0 spiro atoms. The molecule has 21 heavy (non-hydrogen) atoms. The number of nitriles is 1. The van der Waals surface area contributed by atoms with E-state index >= 15 is 0 Å². The maximum Gasteiger partial charge on any atom is 0.262 e. The average Bonchev–Trinajstić information content (AvgIpc) is 3.04. The summed E-state index contributed by atoms with van der Waals surface area (Å²) in [5.41, 5.74) is 0.751. The topological polar surface area (TPSA) is 71.3 Å². The van der Waals surface area contributed by atoms with Crippen LogP contribution >= 0.6 is 0 Å². The van der Waals surface area contributed by atoms with Crippen molar-refractivity contribution in [2.45, 2.75) is 18.9 Å². The van der Waals surface area contributed by atoms with Crippen LogP contribution in [0.3, 0.4) is 0 Å². The number of amides is 1. The highest BCUT2D eigenvalue weighted by atomic mass is 16.5. The second kappa shape index (κ2) is 7.46. The third-order valence-corrected chi connectivity index (χ3v) is 3.32. The summed E-state index contributed by atoms with van der Waals surface area (Å²) in [6.07, 6.45) is 3.55. The fourth-order valence-corrected chi connectivity index (χ4v) is 2.20. The molecule has 1 heterocycles. The second-order valence-corrected chi connectivity index (χ2v) is 4.76. The molecule has 5 heteroatoms. The Morgan fingerprint density at radius 1 is 1.57 bits per heavy atom. The minimum atomic E-state index is -0.390. The van der Waals surface area contributed by atoms with E-state index in [0.29, 0.717) is 17.9 Å². The molecule has 0 saturated carbocycles. The fourth-order valence-electron chi connectivity index (χ4n) is 2.20. The number of rotatable bonds is 5. The third kappa shape index (κ3) is 4.07. The minimum absolute atomic E-state index is 0.0532. The van der Waals surface area contributed by atoms with Gasteiger partial charge in [0.05, 0.1) is 13.2 Å². The molecule has 1 N–H and O–H groups in total. The van der Waals surface area contributed by atoms with Crippen LogP contribution in [0, 0.1) is 11.3 Å². The molecule has 0 bridgehead atoms. The summed E-state index contributed by atoms with van der Waals surface area (Å²) >= 11 is 0. The summed E-state index contributed by atoms with van der Waals surface area (Å²) in [6.45, 7) is 1.17. The predicted molar refractivity (Wildman–Crippen MR) is 78.6 cm³/mol. The number of para-hydroxylation sites is 1. The maximum absolute atomic E-state index is 12.0. The Labute approximate surface area is 124 Å². The molecule has 5 nitrogen and oxygen atoms in total. The summed E-state index contributed by atoms with van der Waals surface area (Å²) in [5, 5.41) is 11.9. The highest BCUT2D eigenvalue weighted by Crippen LogP contribution is 2.20. The molecule has 1 fully saturated rings. The molecule has 110 valence electrons. The molecule has 1 amide bonds. The highest BCUT2D eigenvalue weighted by Gasteiger charge is 2.17. The number of nitrogens with one attached hydrogen (secondary N) is 1. The molecule has 1 saturated heterocycles. The van der Waals surface area contributed by atoms with Gasteiger partial charge in [0.25, 0.3) is 5.91 Å². The second-order valence-electron chi connectivity index (χ2n) is 4.76. The van der Waals surface area contributed by atoms with Crippen molar-refractivity contribution in [3.05, 3.63) is 35.4 Å². The number of hydrogen-bond acceptors (Lipinski definition) is 4. The van der Waals surface area contributed by atoms with Gasteiger partial charge in [-0.25, -0.2) is 0 Å². The Balaban J connectivity index is 2.05. The number of hydrogen-bond donors (Lipinski definition) is 1. The summed E-state index contributed by atoms with van der Waals surface area (Å²) in [7, 11) is 1.55. The lowest BCUT2D eigenvalue weighted by molar-refractivity contribution is -0.117. The normalized spacial score (nSPS) is 18.1. The van der Waals surface area contributed by atoms with E-state index < -0.39 is 0 Å². The van der Waals surface area contributed by atoms with Crippen molar-refractivity contribution >= 4 is 12.0 Å². The first-order valence-electron chi connectivity index (χ1n) is 6.89. The van der Waals surface area contributed by atoms with Gasteiger partial charge in [-0.3, -0.25) is 4.79 Å². The highest BCUT2D eigenvalue weighted by molar-refractivity contribution is 6.01. The molecule has 1 unspecified atom stereocenters. The fraction of sp³-hybridized carbons (Fsp3) is 0.375. The zero-order chi connectivity index (χ0) is 15.1. The quantitative estimate of drug-likeness (QED) is 0.663.